The largest absolute Gasteiger partial charge is 0.346 e. The maximum Gasteiger partial charge on any atom is 0.227 e. The zero-order valence-electron chi connectivity index (χ0n) is 14.8. The zero-order valence-corrected chi connectivity index (χ0v) is 14.8. The highest BCUT2D eigenvalue weighted by Gasteiger charge is 2.21. The van der Waals surface area contributed by atoms with Crippen molar-refractivity contribution in [3.63, 3.8) is 0 Å². The number of H-pyrrole nitrogens is 1. The fourth-order valence-electron chi connectivity index (χ4n) is 3.49. The fraction of sp³-hybridized carbons (Fsp3) is 0.350. The van der Waals surface area contributed by atoms with Gasteiger partial charge < -0.3 is 9.88 Å². The van der Waals surface area contributed by atoms with Gasteiger partial charge in [0.05, 0.1) is 6.42 Å². The van der Waals surface area contributed by atoms with E-state index >= 15 is 0 Å². The lowest BCUT2D eigenvalue weighted by Gasteiger charge is -2.34. The van der Waals surface area contributed by atoms with Crippen LogP contribution in [0.5, 0.6) is 0 Å². The van der Waals surface area contributed by atoms with Gasteiger partial charge in [-0.1, -0.05) is 0 Å². The second-order valence-electron chi connectivity index (χ2n) is 6.72. The Balaban J connectivity index is 1.28. The number of nitrogens with one attached hydrogen (secondary N) is 1. The number of rotatable bonds is 5. The van der Waals surface area contributed by atoms with Gasteiger partial charge in [-0.2, -0.15) is 0 Å². The molecule has 6 heteroatoms. The summed E-state index contributed by atoms with van der Waals surface area (Å²) in [5.74, 6) is 0.198. The normalized spacial score (nSPS) is 15.5. The summed E-state index contributed by atoms with van der Waals surface area (Å²) < 4.78 is 0. The van der Waals surface area contributed by atoms with Crippen molar-refractivity contribution >= 4 is 16.9 Å². The smallest absolute Gasteiger partial charge is 0.227 e. The van der Waals surface area contributed by atoms with Gasteiger partial charge in [-0.25, -0.2) is 4.98 Å². The molecule has 3 aromatic heterocycles. The fourth-order valence-corrected chi connectivity index (χ4v) is 3.49. The van der Waals surface area contributed by atoms with Crippen LogP contribution in [-0.4, -0.2) is 63.4 Å². The minimum atomic E-state index is 0.198. The number of fused-ring (bicyclic) bond motifs is 1. The first-order valence-corrected chi connectivity index (χ1v) is 9.09. The average Bonchev–Trinajstić information content (AvgIpc) is 3.10. The summed E-state index contributed by atoms with van der Waals surface area (Å²) in [6.45, 7) is 4.50. The number of aromatic amines is 1. The summed E-state index contributed by atoms with van der Waals surface area (Å²) in [5.41, 5.74) is 3.18. The van der Waals surface area contributed by atoms with Crippen LogP contribution in [0, 0.1) is 0 Å². The van der Waals surface area contributed by atoms with Gasteiger partial charge >= 0.3 is 0 Å². The molecule has 1 amide bonds. The molecule has 1 saturated heterocycles. The van der Waals surface area contributed by atoms with Crippen molar-refractivity contribution in [3.8, 4) is 0 Å². The lowest BCUT2D eigenvalue weighted by Crippen LogP contribution is -2.49. The van der Waals surface area contributed by atoms with Crippen LogP contribution in [-0.2, 0) is 17.6 Å². The van der Waals surface area contributed by atoms with Crippen molar-refractivity contribution in [2.75, 3.05) is 32.7 Å². The summed E-state index contributed by atoms with van der Waals surface area (Å²) in [6.07, 6.45) is 8.80. The molecule has 0 spiro atoms. The van der Waals surface area contributed by atoms with Gasteiger partial charge in [0.25, 0.3) is 0 Å². The summed E-state index contributed by atoms with van der Waals surface area (Å²) in [5, 5.41) is 1.04. The molecule has 0 saturated carbocycles. The van der Waals surface area contributed by atoms with E-state index in [1.807, 2.05) is 35.6 Å². The zero-order chi connectivity index (χ0) is 17.8. The Bertz CT molecular complexity index is 868. The van der Waals surface area contributed by atoms with E-state index in [-0.39, 0.29) is 5.91 Å². The summed E-state index contributed by atoms with van der Waals surface area (Å²) in [6, 6.07) is 8.05. The van der Waals surface area contributed by atoms with Crippen LogP contribution in [0.15, 0.2) is 49.1 Å². The van der Waals surface area contributed by atoms with E-state index in [1.165, 1.54) is 5.56 Å². The Morgan fingerprint density at radius 1 is 1.08 bits per heavy atom. The number of piperazine rings is 1. The van der Waals surface area contributed by atoms with Crippen LogP contribution < -0.4 is 0 Å². The van der Waals surface area contributed by atoms with Crippen molar-refractivity contribution in [1.29, 1.82) is 0 Å². The summed E-state index contributed by atoms with van der Waals surface area (Å²) in [4.78, 5) is 28.6. The highest BCUT2D eigenvalue weighted by molar-refractivity contribution is 5.87. The molecule has 0 atom stereocenters. The van der Waals surface area contributed by atoms with E-state index in [0.717, 1.165) is 55.7 Å². The molecule has 0 aliphatic carbocycles. The molecule has 3 aromatic rings. The predicted molar refractivity (Wildman–Crippen MR) is 101 cm³/mol. The quantitative estimate of drug-likeness (QED) is 0.764. The molecule has 0 aromatic carbocycles. The first kappa shape index (κ1) is 16.7. The second kappa shape index (κ2) is 7.66. The van der Waals surface area contributed by atoms with E-state index in [0.29, 0.717) is 6.42 Å². The topological polar surface area (TPSA) is 65.1 Å². The van der Waals surface area contributed by atoms with E-state index in [4.69, 9.17) is 0 Å². The van der Waals surface area contributed by atoms with Crippen LogP contribution in [0.25, 0.3) is 11.0 Å². The Labute approximate surface area is 152 Å². The number of hydrogen-bond donors (Lipinski definition) is 1. The van der Waals surface area contributed by atoms with Gasteiger partial charge in [-0.05, 0) is 41.8 Å². The minimum Gasteiger partial charge on any atom is -0.346 e. The van der Waals surface area contributed by atoms with E-state index in [1.54, 1.807) is 6.20 Å². The Morgan fingerprint density at radius 2 is 1.88 bits per heavy atom. The maximum atomic E-state index is 12.7. The molecule has 0 radical (unpaired) electrons. The van der Waals surface area contributed by atoms with Crippen LogP contribution in [0.1, 0.15) is 11.1 Å². The third-order valence-corrected chi connectivity index (χ3v) is 5.07. The monoisotopic (exact) mass is 349 g/mol. The summed E-state index contributed by atoms with van der Waals surface area (Å²) >= 11 is 0. The lowest BCUT2D eigenvalue weighted by atomic mass is 10.1. The number of pyridine rings is 2. The van der Waals surface area contributed by atoms with Crippen LogP contribution in [0.2, 0.25) is 0 Å². The first-order chi connectivity index (χ1) is 12.8. The van der Waals surface area contributed by atoms with Crippen molar-refractivity contribution < 1.29 is 4.79 Å². The van der Waals surface area contributed by atoms with E-state index in [2.05, 4.69) is 32.0 Å². The van der Waals surface area contributed by atoms with Gasteiger partial charge in [0, 0.05) is 62.9 Å². The SMILES string of the molecule is O=C(Cc1c[nH]c2ncccc12)N1CCN(CCc2ccncc2)CC1. The van der Waals surface area contributed by atoms with Crippen molar-refractivity contribution in [2.24, 2.45) is 0 Å². The molecule has 1 fully saturated rings. The van der Waals surface area contributed by atoms with Gasteiger partial charge in [0.2, 0.25) is 5.91 Å². The predicted octanol–water partition coefficient (Wildman–Crippen LogP) is 1.89. The third kappa shape index (κ3) is 3.75. The molecule has 6 nitrogen and oxygen atoms in total. The molecule has 1 N–H and O–H groups in total. The van der Waals surface area contributed by atoms with Crippen molar-refractivity contribution in [1.82, 2.24) is 24.8 Å². The molecule has 4 heterocycles. The van der Waals surface area contributed by atoms with Crippen molar-refractivity contribution in [3.05, 3.63) is 60.2 Å². The molecule has 4 rings (SSSR count). The highest BCUT2D eigenvalue weighted by Crippen LogP contribution is 2.17. The van der Waals surface area contributed by atoms with E-state index < -0.39 is 0 Å². The summed E-state index contributed by atoms with van der Waals surface area (Å²) in [7, 11) is 0. The number of carbonyl (C=O) groups excluding carboxylic acids is 1. The highest BCUT2D eigenvalue weighted by atomic mass is 16.2. The van der Waals surface area contributed by atoms with Crippen LogP contribution >= 0.6 is 0 Å². The van der Waals surface area contributed by atoms with Gasteiger partial charge in [0.15, 0.2) is 0 Å². The first-order valence-electron chi connectivity index (χ1n) is 9.09. The third-order valence-electron chi connectivity index (χ3n) is 5.07. The molecule has 0 unspecified atom stereocenters. The molecule has 1 aliphatic rings. The molecule has 1 aliphatic heterocycles. The second-order valence-corrected chi connectivity index (χ2v) is 6.72. The van der Waals surface area contributed by atoms with Gasteiger partial charge in [-0.15, -0.1) is 0 Å². The van der Waals surface area contributed by atoms with Crippen LogP contribution in [0.3, 0.4) is 0 Å². The van der Waals surface area contributed by atoms with Gasteiger partial charge in [0.1, 0.15) is 5.65 Å². The molecular formula is C20H23N5O. The number of hydrogen-bond acceptors (Lipinski definition) is 4. The Morgan fingerprint density at radius 3 is 2.69 bits per heavy atom. The molecule has 0 bridgehead atoms. The Kier molecular flexibility index (Phi) is 4.93. The standard InChI is InChI=1S/C20H23N5O/c26-19(14-17-15-23-20-18(17)2-1-6-22-20)25-12-10-24(11-13-25)9-5-16-3-7-21-8-4-16/h1-4,6-8,15H,5,9-14H2,(H,22,23). The Hall–Kier alpha value is -2.73. The van der Waals surface area contributed by atoms with Crippen LogP contribution in [0.4, 0.5) is 0 Å². The maximum absolute atomic E-state index is 12.7. The average molecular weight is 349 g/mol. The number of carbonyl (C=O) groups is 1. The van der Waals surface area contributed by atoms with Gasteiger partial charge in [-0.3, -0.25) is 14.7 Å². The molecule has 134 valence electrons. The number of aromatic nitrogens is 3. The number of amides is 1. The van der Waals surface area contributed by atoms with E-state index in [9.17, 15) is 4.79 Å². The molecular weight excluding hydrogens is 326 g/mol. The van der Waals surface area contributed by atoms with Crippen molar-refractivity contribution in [2.45, 2.75) is 12.8 Å². The molecule has 26 heavy (non-hydrogen) atoms. The minimum absolute atomic E-state index is 0.198. The number of nitrogens with zero attached hydrogens (tertiary/aromatic N) is 4. The lowest BCUT2D eigenvalue weighted by molar-refractivity contribution is -0.132.